The van der Waals surface area contributed by atoms with E-state index in [1.165, 1.54) is 0 Å². The Hall–Kier alpha value is -5.27. The Kier molecular flexibility index (Phi) is 15.2. The summed E-state index contributed by atoms with van der Waals surface area (Å²) in [6, 6.07) is 28.6. The van der Waals surface area contributed by atoms with Crippen LogP contribution in [-0.2, 0) is 49.6 Å². The minimum atomic E-state index is -0.875. The molecule has 12 rings (SSSR count). The molecular weight excluding hydrogens is 1280 g/mol. The van der Waals surface area contributed by atoms with Gasteiger partial charge < -0.3 is 110 Å². The minimum absolute atomic E-state index is 0. The molecule has 7 aromatic rings. The lowest BCUT2D eigenvalue weighted by atomic mass is 9.99. The second-order valence-electron chi connectivity index (χ2n) is 19.6. The number of nitrogens with zero attached hydrogens (tertiary/aromatic N) is 5. The standard InChI is InChI=1S/C57H53N7O7.3HI/c1-56(2)68-51-46(67-55-53(52(51)69-56)70-57(3,4)71-55)32-66-54(65)37-10-8-33(9-11-37)47-38-12-14-40(58-38)48(34-20-26-62(5)27-21-34)42-16-18-44(60-42)50(36-24-30-64(7)31-25-36)45-19-17-43(61-45)49(41-15-13-39(47)59-41)35-22-28-63(6)29-23-35;;;/h8-31,46,51-53,55H,32H2,1-7H3,(H,58,59,60,61);3*1H/q+2;;;/p-2/t46-,51+,52+,53-,55-;;;/m1.../s1. The average molecular weight is 1330 g/mol. The summed E-state index contributed by atoms with van der Waals surface area (Å²) < 4.78 is 43.1. The Morgan fingerprint density at radius 2 is 0.851 bits per heavy atom. The van der Waals surface area contributed by atoms with E-state index in [4.69, 9.17) is 38.4 Å². The molecule has 0 amide bonds. The molecule has 8 bridgehead atoms. The van der Waals surface area contributed by atoms with Gasteiger partial charge in [0.25, 0.3) is 0 Å². The van der Waals surface area contributed by atoms with Gasteiger partial charge in [-0.05, 0) is 111 Å². The topological polar surface area (TPSA) is 141 Å². The molecule has 0 unspecified atom stereocenters. The van der Waals surface area contributed by atoms with Crippen LogP contribution in [0.4, 0.5) is 0 Å². The summed E-state index contributed by atoms with van der Waals surface area (Å²) in [5, 5.41) is 0. The smallest absolute Gasteiger partial charge is 0.338 e. The normalized spacial score (nSPS) is 20.7. The van der Waals surface area contributed by atoms with Crippen molar-refractivity contribution in [2.75, 3.05) is 6.61 Å². The first-order chi connectivity index (χ1) is 34.2. The largest absolute Gasteiger partial charge is 1.00 e. The van der Waals surface area contributed by atoms with Gasteiger partial charge in [-0.25, -0.2) is 28.5 Å². The maximum absolute atomic E-state index is 13.8. The maximum atomic E-state index is 13.8. The average Bonchev–Trinajstić information content (AvgIpc) is 4.23. The number of ether oxygens (including phenoxy) is 6. The summed E-state index contributed by atoms with van der Waals surface area (Å²) in [5.74, 6) is -2.24. The fourth-order valence-electron chi connectivity index (χ4n) is 10.3. The number of nitrogens with one attached hydrogen (secondary N) is 2. The minimum Gasteiger partial charge on any atom is -1.00 e. The van der Waals surface area contributed by atoms with E-state index in [-0.39, 0.29) is 78.5 Å². The van der Waals surface area contributed by atoms with Crippen LogP contribution in [0.3, 0.4) is 0 Å². The third kappa shape index (κ3) is 10.2. The number of aromatic amines is 2. The van der Waals surface area contributed by atoms with Crippen LogP contribution in [0.15, 0.2) is 122 Å². The molecule has 5 aliphatic rings. The van der Waals surface area contributed by atoms with Crippen LogP contribution < -0.4 is 85.6 Å². The molecule has 0 saturated carbocycles. The van der Waals surface area contributed by atoms with E-state index in [2.05, 4.69) is 107 Å². The Morgan fingerprint density at radius 1 is 0.500 bits per heavy atom. The predicted molar refractivity (Wildman–Crippen MR) is 267 cm³/mol. The Bertz CT molecular complexity index is 3460. The van der Waals surface area contributed by atoms with E-state index in [1.807, 2.05) is 99.5 Å². The number of fused-ring (bicyclic) bond motifs is 11. The number of aromatic nitrogens is 7. The van der Waals surface area contributed by atoms with E-state index in [0.717, 1.165) is 89.4 Å². The lowest BCUT2D eigenvalue weighted by molar-refractivity contribution is -0.671. The van der Waals surface area contributed by atoms with Crippen molar-refractivity contribution < 1.29 is 119 Å². The number of aryl methyl sites for hydroxylation is 3. The number of hydrogen-bond donors (Lipinski definition) is 2. The van der Waals surface area contributed by atoms with Crippen molar-refractivity contribution in [2.45, 2.75) is 70.0 Å². The first-order valence-electron chi connectivity index (χ1n) is 23.9. The molecule has 74 heavy (non-hydrogen) atoms. The molecule has 380 valence electrons. The summed E-state index contributed by atoms with van der Waals surface area (Å²) in [6.07, 6.45) is 17.8. The lowest BCUT2D eigenvalue weighted by Crippen LogP contribution is -3.00. The van der Waals surface area contributed by atoms with E-state index in [1.54, 1.807) is 12.1 Å². The van der Waals surface area contributed by atoms with Crippen molar-refractivity contribution in [2.24, 2.45) is 21.1 Å². The van der Waals surface area contributed by atoms with Gasteiger partial charge in [0, 0.05) is 80.7 Å². The van der Waals surface area contributed by atoms with Gasteiger partial charge in [0.1, 0.15) is 52.2 Å². The van der Waals surface area contributed by atoms with E-state index >= 15 is 0 Å². The van der Waals surface area contributed by atoms with Gasteiger partial charge in [-0.15, -0.1) is 0 Å². The second kappa shape index (κ2) is 21.0. The van der Waals surface area contributed by atoms with Gasteiger partial charge in [0.15, 0.2) is 55.0 Å². The monoisotopic (exact) mass is 1330 g/mol. The molecule has 0 radical (unpaired) electrons. The maximum Gasteiger partial charge on any atom is 0.338 e. The van der Waals surface area contributed by atoms with Crippen LogP contribution in [-0.4, -0.2) is 74.8 Å². The fraction of sp³-hybridized carbons (Fsp3) is 0.263. The number of H-pyrrole nitrogens is 2. The summed E-state index contributed by atoms with van der Waals surface area (Å²) in [6.45, 7) is 7.30. The highest BCUT2D eigenvalue weighted by Gasteiger charge is 2.61. The van der Waals surface area contributed by atoms with Crippen LogP contribution in [0, 0.1) is 0 Å². The van der Waals surface area contributed by atoms with Crippen molar-refractivity contribution >= 4 is 52.3 Å². The number of halogens is 3. The zero-order valence-electron chi connectivity index (χ0n) is 41.7. The van der Waals surface area contributed by atoms with Crippen molar-refractivity contribution in [1.82, 2.24) is 19.9 Å². The Morgan fingerprint density at radius 3 is 1.26 bits per heavy atom. The first kappa shape index (κ1) is 53.6. The van der Waals surface area contributed by atoms with Gasteiger partial charge in [0.2, 0.25) is 0 Å². The quantitative estimate of drug-likeness (QED) is 0.121. The molecule has 11 heterocycles. The van der Waals surface area contributed by atoms with E-state index in [0.29, 0.717) is 5.56 Å². The molecule has 1 aromatic carbocycles. The van der Waals surface area contributed by atoms with Crippen LogP contribution in [0.5, 0.6) is 0 Å². The number of carbonyl (C=O) groups excluding carboxylic acids is 1. The molecule has 5 atom stereocenters. The number of rotatable bonds is 7. The van der Waals surface area contributed by atoms with Crippen LogP contribution >= 0.6 is 0 Å². The number of benzene rings is 1. The summed E-state index contributed by atoms with van der Waals surface area (Å²) in [5.41, 5.74) is 14.7. The van der Waals surface area contributed by atoms with E-state index < -0.39 is 48.2 Å². The molecule has 0 spiro atoms. The predicted octanol–water partition coefficient (Wildman–Crippen LogP) is -0.638. The molecule has 0 aliphatic carbocycles. The van der Waals surface area contributed by atoms with Crippen LogP contribution in [0.2, 0.25) is 0 Å². The number of esters is 1. The summed E-state index contributed by atoms with van der Waals surface area (Å²) in [7, 11) is 6.04. The third-order valence-corrected chi connectivity index (χ3v) is 13.6. The molecule has 14 nitrogen and oxygen atoms in total. The van der Waals surface area contributed by atoms with Crippen LogP contribution in [0.25, 0.3) is 90.9 Å². The molecular formula is C57H54I3N7O7. The highest BCUT2D eigenvalue weighted by molar-refractivity contribution is 6.00. The first-order valence-corrected chi connectivity index (χ1v) is 23.9. The zero-order chi connectivity index (χ0) is 48.8. The van der Waals surface area contributed by atoms with Gasteiger partial charge in [-0.1, -0.05) is 12.1 Å². The third-order valence-electron chi connectivity index (χ3n) is 13.6. The van der Waals surface area contributed by atoms with Crippen molar-refractivity contribution in [1.29, 1.82) is 0 Å². The highest BCUT2D eigenvalue weighted by atomic mass is 127. The van der Waals surface area contributed by atoms with Crippen LogP contribution in [0.1, 0.15) is 60.8 Å². The molecule has 2 N–H and O–H groups in total. The molecule has 17 heteroatoms. The van der Waals surface area contributed by atoms with Gasteiger partial charge >= 0.3 is 5.97 Å². The molecule has 6 aromatic heterocycles. The lowest BCUT2D eigenvalue weighted by Gasteiger charge is -2.36. The van der Waals surface area contributed by atoms with Crippen molar-refractivity contribution in [3.63, 3.8) is 0 Å². The summed E-state index contributed by atoms with van der Waals surface area (Å²) in [4.78, 5) is 32.3. The second-order valence-corrected chi connectivity index (χ2v) is 19.6. The molecule has 5 aliphatic heterocycles. The zero-order valence-corrected chi connectivity index (χ0v) is 48.2. The fourth-order valence-corrected chi connectivity index (χ4v) is 10.3. The van der Waals surface area contributed by atoms with Gasteiger partial charge in [-0.2, -0.15) is 0 Å². The van der Waals surface area contributed by atoms with Crippen molar-refractivity contribution in [3.05, 3.63) is 150 Å². The number of carbonyl (C=O) groups is 1. The Balaban J connectivity index is 0.00000224. The summed E-state index contributed by atoms with van der Waals surface area (Å²) >= 11 is 0. The Labute approximate surface area is 479 Å². The van der Waals surface area contributed by atoms with E-state index in [9.17, 15) is 4.79 Å². The van der Waals surface area contributed by atoms with Crippen molar-refractivity contribution in [3.8, 4) is 44.5 Å². The van der Waals surface area contributed by atoms with Gasteiger partial charge in [-0.3, -0.25) is 0 Å². The molecule has 3 fully saturated rings. The SMILES string of the molecule is C[n+]1ccc(-c2c3nc(c(-c4cc[n+](C)cc4)c4ccc([nH]4)c(-c4cc[n+](C)cc4)c4nc(c(-c5ccc(C(=O)OC[C@H]6O[C@@H]7OC(C)(C)O[C@@H]7[C@H]7OC(C)(C)O[C@H]76)cc5)c5ccc2[nH]5)C=C4)C=C3)cc1.[I-].[I-].[I-]. The van der Waals surface area contributed by atoms with Gasteiger partial charge in [0.05, 0.1) is 28.3 Å². The highest BCUT2D eigenvalue weighted by Crippen LogP contribution is 2.45. The molecule has 3 saturated heterocycles. The number of hydrogen-bond acceptors (Lipinski definition) is 9. The number of pyridine rings is 3.